The zero-order valence-electron chi connectivity index (χ0n) is 14.8. The molecule has 2 amide bonds. The predicted octanol–water partition coefficient (Wildman–Crippen LogP) is 3.12. The molecule has 1 heterocycles. The van der Waals surface area contributed by atoms with Crippen molar-refractivity contribution in [3.63, 3.8) is 0 Å². The fraction of sp³-hybridized carbons (Fsp3) is 0.111. The molecule has 0 saturated heterocycles. The molecular formula is C18H15Cl2FN6O2. The van der Waals surface area contributed by atoms with E-state index in [1.54, 1.807) is 30.3 Å². The fourth-order valence-corrected chi connectivity index (χ4v) is 2.99. The Hall–Kier alpha value is -3.17. The van der Waals surface area contributed by atoms with E-state index in [0.717, 1.165) is 4.80 Å². The molecule has 0 unspecified atom stereocenters. The number of benzene rings is 2. The molecule has 0 spiro atoms. The molecule has 11 heteroatoms. The van der Waals surface area contributed by atoms with Crippen LogP contribution in [0.4, 0.5) is 15.9 Å². The third-order valence-electron chi connectivity index (χ3n) is 3.77. The van der Waals surface area contributed by atoms with Crippen LogP contribution in [0.1, 0.15) is 20.8 Å². The summed E-state index contributed by atoms with van der Waals surface area (Å²) in [6.45, 7) is -0.707. The van der Waals surface area contributed by atoms with Crippen LogP contribution in [0.25, 0.3) is 5.69 Å². The van der Waals surface area contributed by atoms with E-state index in [0.29, 0.717) is 27.0 Å². The summed E-state index contributed by atoms with van der Waals surface area (Å²) >= 11 is 12.3. The van der Waals surface area contributed by atoms with Crippen LogP contribution >= 0.6 is 23.2 Å². The Kier molecular flexibility index (Phi) is 6.30. The number of carbonyl (C=O) groups excluding carboxylic acids is 2. The van der Waals surface area contributed by atoms with Crippen LogP contribution in [0.5, 0.6) is 0 Å². The molecule has 3 aromatic rings. The van der Waals surface area contributed by atoms with Gasteiger partial charge in [-0.1, -0.05) is 29.3 Å². The number of anilines is 2. The number of rotatable bonds is 7. The second-order valence-corrected chi connectivity index (χ2v) is 6.58. The van der Waals surface area contributed by atoms with Crippen LogP contribution in [0.15, 0.2) is 42.5 Å². The Labute approximate surface area is 174 Å². The number of amides is 2. The summed E-state index contributed by atoms with van der Waals surface area (Å²) in [7, 11) is 0. The highest BCUT2D eigenvalue weighted by molar-refractivity contribution is 6.37. The number of nitrogens with one attached hydrogen (secondary N) is 2. The fourth-order valence-electron chi connectivity index (χ4n) is 2.44. The molecule has 29 heavy (non-hydrogen) atoms. The number of alkyl halides is 1. The van der Waals surface area contributed by atoms with Gasteiger partial charge in [-0.3, -0.25) is 9.59 Å². The summed E-state index contributed by atoms with van der Waals surface area (Å²) in [6.07, 6.45) is 0. The van der Waals surface area contributed by atoms with Crippen molar-refractivity contribution in [3.8, 4) is 5.69 Å². The predicted molar refractivity (Wildman–Crippen MR) is 108 cm³/mol. The zero-order chi connectivity index (χ0) is 21.0. The number of halogens is 3. The average molecular weight is 437 g/mol. The summed E-state index contributed by atoms with van der Waals surface area (Å²) in [6, 6.07) is 11.1. The van der Waals surface area contributed by atoms with Gasteiger partial charge in [-0.2, -0.15) is 0 Å². The van der Waals surface area contributed by atoms with Crippen LogP contribution in [0.3, 0.4) is 0 Å². The van der Waals surface area contributed by atoms with Gasteiger partial charge in [0.15, 0.2) is 11.5 Å². The van der Waals surface area contributed by atoms with Gasteiger partial charge in [0.1, 0.15) is 12.4 Å². The van der Waals surface area contributed by atoms with Gasteiger partial charge in [0.25, 0.3) is 11.8 Å². The number of nitrogens with zero attached hydrogens (tertiary/aromatic N) is 3. The van der Waals surface area contributed by atoms with Gasteiger partial charge in [0, 0.05) is 17.8 Å². The van der Waals surface area contributed by atoms with Crippen molar-refractivity contribution >= 4 is 46.5 Å². The van der Waals surface area contributed by atoms with Gasteiger partial charge >= 0.3 is 0 Å². The molecule has 0 atom stereocenters. The van der Waals surface area contributed by atoms with Crippen molar-refractivity contribution in [2.24, 2.45) is 5.73 Å². The molecule has 3 rings (SSSR count). The third kappa shape index (κ3) is 4.64. The van der Waals surface area contributed by atoms with Gasteiger partial charge in [-0.25, -0.2) is 4.39 Å². The molecule has 0 fully saturated rings. The number of nitrogens with two attached hydrogens (primary N) is 1. The lowest BCUT2D eigenvalue weighted by atomic mass is 10.2. The topological polar surface area (TPSA) is 115 Å². The number of aromatic nitrogens is 3. The molecule has 0 aliphatic carbocycles. The Morgan fingerprint density at radius 2 is 1.72 bits per heavy atom. The smallest absolute Gasteiger partial charge is 0.273 e. The molecule has 2 aromatic carbocycles. The number of primary amides is 1. The van der Waals surface area contributed by atoms with Crippen LogP contribution in [-0.4, -0.2) is 40.0 Å². The van der Waals surface area contributed by atoms with E-state index in [4.69, 9.17) is 28.9 Å². The summed E-state index contributed by atoms with van der Waals surface area (Å²) in [5.41, 5.74) is 6.45. The van der Waals surface area contributed by atoms with E-state index < -0.39 is 18.5 Å². The Bertz CT molecular complexity index is 1030. The second-order valence-electron chi connectivity index (χ2n) is 5.77. The van der Waals surface area contributed by atoms with Crippen molar-refractivity contribution in [2.45, 2.75) is 0 Å². The number of carbonyl (C=O) groups is 2. The first kappa shape index (κ1) is 20.6. The lowest BCUT2D eigenvalue weighted by molar-refractivity contribution is 0.0949. The molecule has 0 radical (unpaired) electrons. The number of para-hydroxylation sites is 1. The molecule has 150 valence electrons. The van der Waals surface area contributed by atoms with Gasteiger partial charge in [0.2, 0.25) is 0 Å². The summed E-state index contributed by atoms with van der Waals surface area (Å²) < 4.78 is 12.2. The Morgan fingerprint density at radius 1 is 1.07 bits per heavy atom. The quantitative estimate of drug-likeness (QED) is 0.526. The minimum atomic E-state index is -0.802. The molecule has 1 aromatic heterocycles. The minimum absolute atomic E-state index is 0.0610. The summed E-state index contributed by atoms with van der Waals surface area (Å²) in [4.78, 5) is 24.7. The van der Waals surface area contributed by atoms with E-state index in [2.05, 4.69) is 20.8 Å². The van der Waals surface area contributed by atoms with E-state index in [1.165, 1.54) is 12.1 Å². The van der Waals surface area contributed by atoms with E-state index in [1.807, 2.05) is 0 Å². The van der Waals surface area contributed by atoms with Gasteiger partial charge in [-0.15, -0.1) is 15.0 Å². The Morgan fingerprint density at radius 3 is 2.31 bits per heavy atom. The second kappa shape index (κ2) is 8.89. The normalized spacial score (nSPS) is 10.6. The van der Waals surface area contributed by atoms with Crippen molar-refractivity contribution in [3.05, 3.63) is 63.8 Å². The lowest BCUT2D eigenvalue weighted by Gasteiger charge is -2.06. The van der Waals surface area contributed by atoms with Crippen LogP contribution in [-0.2, 0) is 0 Å². The van der Waals surface area contributed by atoms with E-state index >= 15 is 0 Å². The van der Waals surface area contributed by atoms with Crippen molar-refractivity contribution in [1.82, 2.24) is 20.3 Å². The molecule has 0 saturated carbocycles. The van der Waals surface area contributed by atoms with Gasteiger partial charge in [0.05, 0.1) is 10.0 Å². The Balaban J connectivity index is 1.88. The van der Waals surface area contributed by atoms with Gasteiger partial charge in [-0.05, 0) is 36.4 Å². The standard InChI is InChI=1S/C18H15Cl2FN6O2/c19-12-2-1-3-13(20)15(12)27-25-14(16(22)28)17(26-27)24-11-6-4-10(5-7-11)18(29)23-9-8-21/h1-7H,8-9H2,(H2,22,28)(H,23,29)(H,24,26). The molecule has 8 nitrogen and oxygen atoms in total. The monoisotopic (exact) mass is 436 g/mol. The van der Waals surface area contributed by atoms with E-state index in [-0.39, 0.29) is 18.1 Å². The van der Waals surface area contributed by atoms with Crippen molar-refractivity contribution < 1.29 is 14.0 Å². The molecule has 0 aliphatic rings. The number of hydrogen-bond donors (Lipinski definition) is 3. The van der Waals surface area contributed by atoms with Crippen molar-refractivity contribution in [2.75, 3.05) is 18.5 Å². The molecule has 4 N–H and O–H groups in total. The van der Waals surface area contributed by atoms with Crippen LogP contribution in [0, 0.1) is 0 Å². The van der Waals surface area contributed by atoms with Crippen molar-refractivity contribution in [1.29, 1.82) is 0 Å². The molecule has 0 bridgehead atoms. The first-order valence-corrected chi connectivity index (χ1v) is 9.09. The SMILES string of the molecule is NC(=O)c1nn(-c2c(Cl)cccc2Cl)nc1Nc1ccc(C(=O)NCCF)cc1. The summed E-state index contributed by atoms with van der Waals surface area (Å²) in [5.74, 6) is -1.11. The molecular weight excluding hydrogens is 422 g/mol. The first-order valence-electron chi connectivity index (χ1n) is 8.33. The lowest BCUT2D eigenvalue weighted by Crippen LogP contribution is -2.25. The minimum Gasteiger partial charge on any atom is -0.364 e. The summed E-state index contributed by atoms with van der Waals surface area (Å²) in [5, 5.41) is 14.2. The highest BCUT2D eigenvalue weighted by Crippen LogP contribution is 2.28. The van der Waals surface area contributed by atoms with E-state index in [9.17, 15) is 14.0 Å². The maximum Gasteiger partial charge on any atom is 0.273 e. The zero-order valence-corrected chi connectivity index (χ0v) is 16.3. The maximum absolute atomic E-state index is 12.2. The highest BCUT2D eigenvalue weighted by Gasteiger charge is 2.20. The largest absolute Gasteiger partial charge is 0.364 e. The number of hydrogen-bond acceptors (Lipinski definition) is 5. The third-order valence-corrected chi connectivity index (χ3v) is 4.38. The maximum atomic E-state index is 12.2. The van der Waals surface area contributed by atoms with Crippen LogP contribution < -0.4 is 16.4 Å². The highest BCUT2D eigenvalue weighted by atomic mass is 35.5. The van der Waals surface area contributed by atoms with Gasteiger partial charge < -0.3 is 16.4 Å². The van der Waals surface area contributed by atoms with Crippen LogP contribution in [0.2, 0.25) is 10.0 Å². The average Bonchev–Trinajstić information content (AvgIpc) is 3.10. The first-order chi connectivity index (χ1) is 13.9. The molecule has 0 aliphatic heterocycles.